The summed E-state index contributed by atoms with van der Waals surface area (Å²) in [4.78, 5) is 20.3. The van der Waals surface area contributed by atoms with Crippen molar-refractivity contribution in [2.45, 2.75) is 38.1 Å². The molecule has 0 atom stereocenters. The minimum atomic E-state index is -4.43. The molecule has 0 spiro atoms. The van der Waals surface area contributed by atoms with E-state index < -0.39 is 11.7 Å². The Labute approximate surface area is 219 Å². The van der Waals surface area contributed by atoms with Crippen LogP contribution in [0.4, 0.5) is 19.0 Å². The van der Waals surface area contributed by atoms with E-state index in [1.807, 2.05) is 30.3 Å². The average molecular weight is 519 g/mol. The highest BCUT2D eigenvalue weighted by molar-refractivity contribution is 6.07. The van der Waals surface area contributed by atoms with Gasteiger partial charge < -0.3 is 10.6 Å². The van der Waals surface area contributed by atoms with Gasteiger partial charge in [0.15, 0.2) is 0 Å². The first-order valence-corrected chi connectivity index (χ1v) is 12.7. The van der Waals surface area contributed by atoms with E-state index in [1.165, 1.54) is 11.6 Å². The Hall–Kier alpha value is -3.91. The summed E-state index contributed by atoms with van der Waals surface area (Å²) in [5.74, 6) is 0.260. The fourth-order valence-electron chi connectivity index (χ4n) is 4.86. The number of carbonyl (C=O) groups is 1. The number of aromatic nitrogens is 1. The van der Waals surface area contributed by atoms with Crippen LogP contribution in [-0.2, 0) is 19.3 Å². The number of amides is 1. The highest BCUT2D eigenvalue weighted by atomic mass is 19.4. The Bertz CT molecular complexity index is 1400. The van der Waals surface area contributed by atoms with Gasteiger partial charge >= 0.3 is 6.18 Å². The van der Waals surface area contributed by atoms with Crippen LogP contribution in [0, 0.1) is 0 Å². The maximum Gasteiger partial charge on any atom is 0.416 e. The first-order chi connectivity index (χ1) is 18.3. The molecule has 4 aromatic rings. The van der Waals surface area contributed by atoms with E-state index in [-0.39, 0.29) is 18.5 Å². The molecule has 38 heavy (non-hydrogen) atoms. The van der Waals surface area contributed by atoms with Gasteiger partial charge in [0.2, 0.25) is 0 Å². The number of carbonyl (C=O) groups excluding carboxylic acids is 1. The lowest BCUT2D eigenvalue weighted by Gasteiger charge is -2.32. The Balaban J connectivity index is 1.26. The molecule has 2 N–H and O–H groups in total. The summed E-state index contributed by atoms with van der Waals surface area (Å²) in [5, 5.41) is 6.98. The van der Waals surface area contributed by atoms with Gasteiger partial charge in [-0.25, -0.2) is 4.98 Å². The molecule has 1 aliphatic rings. The summed E-state index contributed by atoms with van der Waals surface area (Å²) in [6.45, 7) is 2.84. The van der Waals surface area contributed by atoms with Crippen molar-refractivity contribution >= 4 is 22.6 Å². The van der Waals surface area contributed by atoms with Gasteiger partial charge in [-0.15, -0.1) is 0 Å². The second kappa shape index (κ2) is 11.2. The van der Waals surface area contributed by atoms with Crippen LogP contribution in [0.5, 0.6) is 0 Å². The first kappa shape index (κ1) is 25.7. The number of likely N-dealkylation sites (tertiary alicyclic amines) is 1. The molecule has 8 heteroatoms. The molecule has 1 amide bonds. The second-order valence-corrected chi connectivity index (χ2v) is 9.63. The standard InChI is InChI=1S/C30H29F3N4O/c31-30(32,33)23-10-6-9-22(17-23)19-34-29(38)26-18-28(36-27-12-5-4-11-25(26)27)35-24-13-15-37(16-14-24)20-21-7-2-1-3-8-21/h1-12,17-18,24H,13-16,19-20H2,(H,34,38)(H,35,36). The summed E-state index contributed by atoms with van der Waals surface area (Å²) in [6, 6.07) is 24.8. The normalized spacial score (nSPS) is 14.9. The van der Waals surface area contributed by atoms with Crippen molar-refractivity contribution in [3.8, 4) is 0 Å². The third-order valence-electron chi connectivity index (χ3n) is 6.86. The van der Waals surface area contributed by atoms with E-state index in [2.05, 4.69) is 39.8 Å². The number of nitrogens with zero attached hydrogens (tertiary/aromatic N) is 2. The number of para-hydroxylation sites is 1. The van der Waals surface area contributed by atoms with Gasteiger partial charge in [0.1, 0.15) is 5.82 Å². The lowest BCUT2D eigenvalue weighted by molar-refractivity contribution is -0.137. The number of anilines is 1. The molecule has 0 unspecified atom stereocenters. The van der Waals surface area contributed by atoms with Gasteiger partial charge in [-0.2, -0.15) is 13.2 Å². The van der Waals surface area contributed by atoms with Crippen LogP contribution < -0.4 is 10.6 Å². The number of rotatable bonds is 7. The highest BCUT2D eigenvalue weighted by Crippen LogP contribution is 2.29. The molecule has 196 valence electrons. The fourth-order valence-corrected chi connectivity index (χ4v) is 4.86. The van der Waals surface area contributed by atoms with E-state index in [0.29, 0.717) is 27.8 Å². The zero-order valence-corrected chi connectivity index (χ0v) is 20.8. The van der Waals surface area contributed by atoms with Gasteiger partial charge in [-0.1, -0.05) is 60.7 Å². The van der Waals surface area contributed by atoms with Crippen molar-refractivity contribution in [1.82, 2.24) is 15.2 Å². The van der Waals surface area contributed by atoms with Crippen LogP contribution in [0.3, 0.4) is 0 Å². The number of halogens is 3. The molecule has 1 fully saturated rings. The molecule has 5 nitrogen and oxygen atoms in total. The SMILES string of the molecule is O=C(NCc1cccc(C(F)(F)F)c1)c1cc(NC2CCN(Cc3ccccc3)CC2)nc2ccccc12. The van der Waals surface area contributed by atoms with Gasteiger partial charge in [-0.05, 0) is 48.2 Å². The molecule has 0 aliphatic carbocycles. The highest BCUT2D eigenvalue weighted by Gasteiger charge is 2.30. The zero-order valence-electron chi connectivity index (χ0n) is 20.8. The zero-order chi connectivity index (χ0) is 26.5. The van der Waals surface area contributed by atoms with E-state index in [1.54, 1.807) is 12.1 Å². The topological polar surface area (TPSA) is 57.3 Å². The number of hydrogen-bond donors (Lipinski definition) is 2. The molecular formula is C30H29F3N4O. The van der Waals surface area contributed by atoms with E-state index in [4.69, 9.17) is 4.98 Å². The van der Waals surface area contributed by atoms with Gasteiger partial charge in [0.05, 0.1) is 16.6 Å². The maximum atomic E-state index is 13.2. The number of hydrogen-bond acceptors (Lipinski definition) is 4. The summed E-state index contributed by atoms with van der Waals surface area (Å²) >= 11 is 0. The van der Waals surface area contributed by atoms with E-state index in [0.717, 1.165) is 44.6 Å². The maximum absolute atomic E-state index is 13.2. The molecule has 0 bridgehead atoms. The lowest BCUT2D eigenvalue weighted by Crippen LogP contribution is -2.38. The lowest BCUT2D eigenvalue weighted by atomic mass is 10.0. The third-order valence-corrected chi connectivity index (χ3v) is 6.86. The summed E-state index contributed by atoms with van der Waals surface area (Å²) < 4.78 is 39.2. The van der Waals surface area contributed by atoms with Crippen molar-refractivity contribution in [1.29, 1.82) is 0 Å². The molecule has 3 aromatic carbocycles. The van der Waals surface area contributed by atoms with Crippen molar-refractivity contribution in [2.24, 2.45) is 0 Å². The first-order valence-electron chi connectivity index (χ1n) is 12.7. The minimum Gasteiger partial charge on any atom is -0.367 e. The number of fused-ring (bicyclic) bond motifs is 1. The minimum absolute atomic E-state index is 0.0119. The van der Waals surface area contributed by atoms with Crippen LogP contribution in [0.2, 0.25) is 0 Å². The smallest absolute Gasteiger partial charge is 0.367 e. The molecule has 2 heterocycles. The van der Waals surface area contributed by atoms with E-state index in [9.17, 15) is 18.0 Å². The largest absolute Gasteiger partial charge is 0.416 e. The molecule has 1 aliphatic heterocycles. The number of alkyl halides is 3. The van der Waals surface area contributed by atoms with Crippen LogP contribution in [0.25, 0.3) is 10.9 Å². The average Bonchev–Trinajstić information content (AvgIpc) is 2.93. The van der Waals surface area contributed by atoms with Crippen molar-refractivity contribution < 1.29 is 18.0 Å². The predicted molar refractivity (Wildman–Crippen MR) is 143 cm³/mol. The summed E-state index contributed by atoms with van der Waals surface area (Å²) in [6.07, 6.45) is -2.52. The van der Waals surface area contributed by atoms with Gasteiger partial charge in [0, 0.05) is 37.6 Å². The molecule has 0 saturated carbocycles. The Morgan fingerprint density at radius 1 is 0.895 bits per heavy atom. The van der Waals surface area contributed by atoms with Crippen LogP contribution in [0.15, 0.2) is 84.9 Å². The van der Waals surface area contributed by atoms with E-state index >= 15 is 0 Å². The van der Waals surface area contributed by atoms with Crippen LogP contribution in [0.1, 0.15) is 39.9 Å². The molecular weight excluding hydrogens is 489 g/mol. The van der Waals surface area contributed by atoms with Crippen molar-refractivity contribution in [3.05, 3.63) is 107 Å². The molecule has 1 saturated heterocycles. The van der Waals surface area contributed by atoms with Gasteiger partial charge in [0.25, 0.3) is 5.91 Å². The predicted octanol–water partition coefficient (Wildman–Crippen LogP) is 6.26. The Kier molecular flexibility index (Phi) is 7.60. The summed E-state index contributed by atoms with van der Waals surface area (Å²) in [7, 11) is 0. The molecule has 0 radical (unpaired) electrons. The third kappa shape index (κ3) is 6.31. The quantitative estimate of drug-likeness (QED) is 0.303. The van der Waals surface area contributed by atoms with Crippen molar-refractivity contribution in [2.75, 3.05) is 18.4 Å². The number of pyridine rings is 1. The van der Waals surface area contributed by atoms with Gasteiger partial charge in [-0.3, -0.25) is 9.69 Å². The number of nitrogens with one attached hydrogen (secondary N) is 2. The number of benzene rings is 3. The second-order valence-electron chi connectivity index (χ2n) is 9.63. The van der Waals surface area contributed by atoms with Crippen LogP contribution >= 0.6 is 0 Å². The molecule has 1 aromatic heterocycles. The van der Waals surface area contributed by atoms with Crippen LogP contribution in [-0.4, -0.2) is 34.9 Å². The van der Waals surface area contributed by atoms with Crippen molar-refractivity contribution in [3.63, 3.8) is 0 Å². The molecule has 5 rings (SSSR count). The number of piperidine rings is 1. The summed E-state index contributed by atoms with van der Waals surface area (Å²) in [5.41, 5.74) is 2.07. The monoisotopic (exact) mass is 518 g/mol. The Morgan fingerprint density at radius 2 is 1.61 bits per heavy atom. The fraction of sp³-hybridized carbons (Fsp3) is 0.267. The Morgan fingerprint density at radius 3 is 2.37 bits per heavy atom.